The molecule has 96 valence electrons. The smallest absolute Gasteiger partial charge is 0.138 e. The van der Waals surface area contributed by atoms with Crippen LogP contribution in [0.4, 0.5) is 5.69 Å². The zero-order chi connectivity index (χ0) is 13.4. The fourth-order valence-electron chi connectivity index (χ4n) is 2.42. The molecule has 2 aromatic carbocycles. The van der Waals surface area contributed by atoms with Crippen molar-refractivity contribution < 1.29 is 0 Å². The number of hydrogen-bond donors (Lipinski definition) is 1. The van der Waals surface area contributed by atoms with Crippen LogP contribution >= 0.6 is 0 Å². The van der Waals surface area contributed by atoms with E-state index < -0.39 is 0 Å². The Bertz CT molecular complexity index is 632. The molecule has 19 heavy (non-hydrogen) atoms. The highest BCUT2D eigenvalue weighted by Gasteiger charge is 2.29. The second-order valence-electron chi connectivity index (χ2n) is 4.92. The van der Waals surface area contributed by atoms with Gasteiger partial charge >= 0.3 is 0 Å². The molecule has 1 unspecified atom stereocenters. The van der Waals surface area contributed by atoms with Gasteiger partial charge in [0.2, 0.25) is 0 Å². The minimum atomic E-state index is -0.113. The number of nitrogens with two attached hydrogens (primary N) is 1. The van der Waals surface area contributed by atoms with E-state index in [0.29, 0.717) is 0 Å². The van der Waals surface area contributed by atoms with Crippen LogP contribution in [-0.4, -0.2) is 17.8 Å². The van der Waals surface area contributed by atoms with Crippen LogP contribution in [0.5, 0.6) is 0 Å². The van der Waals surface area contributed by atoms with Crippen molar-refractivity contribution in [1.29, 1.82) is 0 Å². The van der Waals surface area contributed by atoms with Crippen molar-refractivity contribution in [3.05, 3.63) is 65.2 Å². The zero-order valence-electron chi connectivity index (χ0n) is 11.2. The van der Waals surface area contributed by atoms with Crippen LogP contribution in [0.25, 0.3) is 0 Å². The molecule has 0 fully saturated rings. The lowest BCUT2D eigenvalue weighted by atomic mass is 10.1. The number of fused-ring (bicyclic) bond motifs is 1. The van der Waals surface area contributed by atoms with Gasteiger partial charge in [-0.15, -0.1) is 0 Å². The van der Waals surface area contributed by atoms with Gasteiger partial charge in [-0.3, -0.25) is 0 Å². The molecule has 0 bridgehead atoms. The monoisotopic (exact) mass is 251 g/mol. The van der Waals surface area contributed by atoms with Gasteiger partial charge in [0, 0.05) is 12.6 Å². The predicted octanol–water partition coefficient (Wildman–Crippen LogP) is 2.98. The molecule has 2 N–H and O–H groups in total. The first kappa shape index (κ1) is 11.9. The summed E-state index contributed by atoms with van der Waals surface area (Å²) in [6.45, 7) is 2.09. The van der Waals surface area contributed by atoms with Crippen molar-refractivity contribution in [3.63, 3.8) is 0 Å². The minimum absolute atomic E-state index is 0.113. The van der Waals surface area contributed by atoms with E-state index >= 15 is 0 Å². The van der Waals surface area contributed by atoms with E-state index in [0.717, 1.165) is 22.6 Å². The van der Waals surface area contributed by atoms with Crippen molar-refractivity contribution in [2.45, 2.75) is 13.1 Å². The maximum absolute atomic E-state index is 6.23. The summed E-state index contributed by atoms with van der Waals surface area (Å²) in [6, 6.07) is 16.3. The Morgan fingerprint density at radius 3 is 2.58 bits per heavy atom. The highest BCUT2D eigenvalue weighted by atomic mass is 15.3. The molecule has 1 heterocycles. The topological polar surface area (TPSA) is 41.6 Å². The van der Waals surface area contributed by atoms with Crippen molar-refractivity contribution in [2.24, 2.45) is 10.7 Å². The second kappa shape index (κ2) is 4.52. The molecule has 3 nitrogen and oxygen atoms in total. The van der Waals surface area contributed by atoms with Gasteiger partial charge in [-0.1, -0.05) is 35.9 Å². The van der Waals surface area contributed by atoms with Crippen LogP contribution in [0.1, 0.15) is 22.9 Å². The van der Waals surface area contributed by atoms with Gasteiger partial charge in [0.05, 0.1) is 5.69 Å². The Morgan fingerprint density at radius 1 is 1.11 bits per heavy atom. The van der Waals surface area contributed by atoms with Crippen molar-refractivity contribution in [2.75, 3.05) is 7.05 Å². The molecule has 0 aliphatic carbocycles. The van der Waals surface area contributed by atoms with Gasteiger partial charge in [0.15, 0.2) is 0 Å². The molecule has 0 saturated heterocycles. The number of nitrogens with zero attached hydrogens (tertiary/aromatic N) is 2. The Balaban J connectivity index is 2.13. The molecule has 3 rings (SSSR count). The van der Waals surface area contributed by atoms with Gasteiger partial charge < -0.3 is 10.6 Å². The normalized spacial score (nSPS) is 19.8. The van der Waals surface area contributed by atoms with E-state index in [-0.39, 0.29) is 6.17 Å². The third kappa shape index (κ3) is 2.02. The predicted molar refractivity (Wildman–Crippen MR) is 78.5 cm³/mol. The summed E-state index contributed by atoms with van der Waals surface area (Å²) in [7, 11) is 1.99. The number of aliphatic imine (C=N–C) groups is 1. The molecular formula is C16H17N3. The molecule has 0 aromatic heterocycles. The molecule has 0 amide bonds. The maximum atomic E-state index is 6.23. The first-order chi connectivity index (χ1) is 9.16. The lowest BCUT2D eigenvalue weighted by Gasteiger charge is -2.18. The lowest BCUT2D eigenvalue weighted by molar-refractivity contribution is 0.406. The standard InChI is InChI=1S/C16H17N3/c1-11-8-9-13-14(10-11)16(19(2)15(13)17)18-12-6-4-3-5-7-12/h3-10,15H,17H2,1-2H3. The average molecular weight is 251 g/mol. The lowest BCUT2D eigenvalue weighted by Crippen LogP contribution is -2.29. The summed E-state index contributed by atoms with van der Waals surface area (Å²) < 4.78 is 0. The van der Waals surface area contributed by atoms with Crippen LogP contribution in [0.2, 0.25) is 0 Å². The van der Waals surface area contributed by atoms with E-state index in [9.17, 15) is 0 Å². The summed E-state index contributed by atoms with van der Waals surface area (Å²) in [5.41, 5.74) is 10.7. The summed E-state index contributed by atoms with van der Waals surface area (Å²) in [5.74, 6) is 0.942. The molecule has 1 atom stereocenters. The van der Waals surface area contributed by atoms with Crippen molar-refractivity contribution >= 4 is 11.5 Å². The Hall–Kier alpha value is -2.13. The van der Waals surface area contributed by atoms with Gasteiger partial charge in [-0.05, 0) is 30.7 Å². The largest absolute Gasteiger partial charge is 0.340 e. The molecule has 0 saturated carbocycles. The number of amidine groups is 1. The first-order valence-electron chi connectivity index (χ1n) is 6.40. The van der Waals surface area contributed by atoms with Gasteiger partial charge in [0.1, 0.15) is 12.0 Å². The summed E-state index contributed by atoms with van der Waals surface area (Å²) in [6.07, 6.45) is -0.113. The minimum Gasteiger partial charge on any atom is -0.340 e. The molecular weight excluding hydrogens is 234 g/mol. The van der Waals surface area contributed by atoms with Crippen molar-refractivity contribution in [3.8, 4) is 0 Å². The maximum Gasteiger partial charge on any atom is 0.138 e. The third-order valence-corrected chi connectivity index (χ3v) is 3.51. The second-order valence-corrected chi connectivity index (χ2v) is 4.92. The van der Waals surface area contributed by atoms with E-state index in [2.05, 4.69) is 25.1 Å². The van der Waals surface area contributed by atoms with Gasteiger partial charge in [-0.2, -0.15) is 0 Å². The molecule has 1 aliphatic heterocycles. The number of hydrogen-bond acceptors (Lipinski definition) is 2. The first-order valence-corrected chi connectivity index (χ1v) is 6.40. The van der Waals surface area contributed by atoms with E-state index in [1.165, 1.54) is 5.56 Å². The van der Waals surface area contributed by atoms with Crippen LogP contribution in [0.3, 0.4) is 0 Å². The molecule has 3 heteroatoms. The van der Waals surface area contributed by atoms with Gasteiger partial charge in [0.25, 0.3) is 0 Å². The molecule has 1 aliphatic rings. The SMILES string of the molecule is Cc1ccc2c(c1)C(=Nc1ccccc1)N(C)C2N. The number of benzene rings is 2. The Kier molecular flexibility index (Phi) is 2.84. The summed E-state index contributed by atoms with van der Waals surface area (Å²) >= 11 is 0. The van der Waals surface area contributed by atoms with E-state index in [1.807, 2.05) is 42.3 Å². The van der Waals surface area contributed by atoms with Crippen LogP contribution in [0, 0.1) is 6.92 Å². The molecule has 2 aromatic rings. The Labute approximate surface area is 113 Å². The summed E-state index contributed by atoms with van der Waals surface area (Å²) in [4.78, 5) is 6.76. The van der Waals surface area contributed by atoms with E-state index in [1.54, 1.807) is 0 Å². The molecule has 0 spiro atoms. The highest BCUT2D eigenvalue weighted by molar-refractivity contribution is 6.04. The number of para-hydroxylation sites is 1. The number of aryl methyl sites for hydroxylation is 1. The third-order valence-electron chi connectivity index (χ3n) is 3.51. The fourth-order valence-corrected chi connectivity index (χ4v) is 2.42. The number of rotatable bonds is 1. The van der Waals surface area contributed by atoms with Crippen LogP contribution in [0.15, 0.2) is 53.5 Å². The Morgan fingerprint density at radius 2 is 1.84 bits per heavy atom. The average Bonchev–Trinajstić information content (AvgIpc) is 2.65. The fraction of sp³-hybridized carbons (Fsp3) is 0.188. The zero-order valence-corrected chi connectivity index (χ0v) is 11.2. The van der Waals surface area contributed by atoms with E-state index in [4.69, 9.17) is 10.7 Å². The van der Waals surface area contributed by atoms with Crippen molar-refractivity contribution in [1.82, 2.24) is 4.90 Å². The van der Waals surface area contributed by atoms with Gasteiger partial charge in [-0.25, -0.2) is 4.99 Å². The summed E-state index contributed by atoms with van der Waals surface area (Å²) in [5, 5.41) is 0. The quantitative estimate of drug-likeness (QED) is 0.846. The van der Waals surface area contributed by atoms with Crippen LogP contribution in [-0.2, 0) is 0 Å². The van der Waals surface area contributed by atoms with Crippen LogP contribution < -0.4 is 5.73 Å². The molecule has 0 radical (unpaired) electrons. The highest BCUT2D eigenvalue weighted by Crippen LogP contribution is 2.31.